The van der Waals surface area contributed by atoms with Gasteiger partial charge in [0.2, 0.25) is 5.91 Å². The highest BCUT2D eigenvalue weighted by Gasteiger charge is 2.48. The quantitative estimate of drug-likeness (QED) is 0.365. The fraction of sp³-hybridized carbons (Fsp3) is 0.414. The molecule has 4 atom stereocenters. The average molecular weight is 570 g/mol. The fourth-order valence-corrected chi connectivity index (χ4v) is 5.74. The van der Waals surface area contributed by atoms with E-state index in [4.69, 9.17) is 9.47 Å². The zero-order chi connectivity index (χ0) is 28.8. The van der Waals surface area contributed by atoms with Gasteiger partial charge in [0.25, 0.3) is 0 Å². The smallest absolute Gasteiger partial charge is 0.377 e. The van der Waals surface area contributed by atoms with Gasteiger partial charge < -0.3 is 14.4 Å². The first-order chi connectivity index (χ1) is 18.8. The van der Waals surface area contributed by atoms with Crippen molar-refractivity contribution < 1.29 is 45.0 Å². The Labute approximate surface area is 226 Å². The van der Waals surface area contributed by atoms with Gasteiger partial charge in [0.05, 0.1) is 36.5 Å². The molecule has 11 heteroatoms. The van der Waals surface area contributed by atoms with E-state index in [0.29, 0.717) is 43.8 Å². The number of benzene rings is 2. The van der Waals surface area contributed by atoms with Crippen LogP contribution >= 0.6 is 0 Å². The van der Waals surface area contributed by atoms with Gasteiger partial charge >= 0.3 is 12.4 Å². The molecule has 2 aromatic carbocycles. The molecule has 4 nitrogen and oxygen atoms in total. The molecule has 0 bridgehead atoms. The van der Waals surface area contributed by atoms with Crippen LogP contribution in [-0.2, 0) is 26.6 Å². The Kier molecular flexibility index (Phi) is 7.56. The van der Waals surface area contributed by atoms with E-state index >= 15 is 0 Å². The Balaban J connectivity index is 1.48. The number of carbonyl (C=O) groups is 1. The van der Waals surface area contributed by atoms with Crippen LogP contribution in [0.3, 0.4) is 0 Å². The topological polar surface area (TPSA) is 38.8 Å². The molecule has 5 rings (SSSR count). The van der Waals surface area contributed by atoms with Crippen molar-refractivity contribution in [3.05, 3.63) is 93.8 Å². The minimum atomic E-state index is -4.99. The van der Waals surface area contributed by atoms with Gasteiger partial charge in [-0.25, -0.2) is 4.39 Å². The summed E-state index contributed by atoms with van der Waals surface area (Å²) < 4.78 is 106. The zero-order valence-corrected chi connectivity index (χ0v) is 21.4. The number of nitrogens with zero attached hydrogens (tertiary/aromatic N) is 1. The molecule has 1 fully saturated rings. The maximum atomic E-state index is 13.8. The SMILES string of the molecule is C[C@@H](O[C@H]1CN2C(=O)C=C(C3=CCOCC3)CC2[C@@H]1c1ccc(F)cc1)c1cc(C(F)(F)F)cc(C(F)(F)F)c1. The summed E-state index contributed by atoms with van der Waals surface area (Å²) in [5, 5.41) is 0. The van der Waals surface area contributed by atoms with Crippen LogP contribution in [0, 0.1) is 5.82 Å². The largest absolute Gasteiger partial charge is 0.416 e. The Morgan fingerprint density at radius 1 is 0.975 bits per heavy atom. The van der Waals surface area contributed by atoms with Crippen LogP contribution in [0.5, 0.6) is 0 Å². The van der Waals surface area contributed by atoms with Gasteiger partial charge in [0.1, 0.15) is 5.82 Å². The summed E-state index contributed by atoms with van der Waals surface area (Å²) in [5.74, 6) is -1.23. The van der Waals surface area contributed by atoms with Gasteiger partial charge in [0.15, 0.2) is 0 Å². The maximum Gasteiger partial charge on any atom is 0.416 e. The summed E-state index contributed by atoms with van der Waals surface area (Å²) in [6.07, 6.45) is -7.34. The van der Waals surface area contributed by atoms with Crippen LogP contribution in [0.2, 0.25) is 0 Å². The van der Waals surface area contributed by atoms with Gasteiger partial charge in [0, 0.05) is 24.6 Å². The lowest BCUT2D eigenvalue weighted by molar-refractivity contribution is -0.143. The summed E-state index contributed by atoms with van der Waals surface area (Å²) in [6.45, 7) is 2.41. The molecule has 1 unspecified atom stereocenters. The van der Waals surface area contributed by atoms with E-state index in [9.17, 15) is 35.5 Å². The molecular formula is C29H26F7NO3. The average Bonchev–Trinajstić information content (AvgIpc) is 3.26. The number of hydrogen-bond donors (Lipinski definition) is 0. The van der Waals surface area contributed by atoms with Crippen molar-refractivity contribution in [3.8, 4) is 0 Å². The number of alkyl halides is 6. The third-order valence-corrected chi connectivity index (χ3v) is 7.69. The predicted octanol–water partition coefficient (Wildman–Crippen LogP) is 6.98. The molecule has 1 amide bonds. The lowest BCUT2D eigenvalue weighted by Gasteiger charge is -2.34. The molecule has 3 aliphatic rings. The summed E-state index contributed by atoms with van der Waals surface area (Å²) in [5.41, 5.74) is -0.647. The first-order valence-electron chi connectivity index (χ1n) is 12.8. The van der Waals surface area contributed by atoms with Gasteiger partial charge in [-0.1, -0.05) is 18.2 Å². The highest BCUT2D eigenvalue weighted by Crippen LogP contribution is 2.45. The van der Waals surface area contributed by atoms with Crippen molar-refractivity contribution in [2.75, 3.05) is 19.8 Å². The van der Waals surface area contributed by atoms with Crippen LogP contribution in [0.1, 0.15) is 54.0 Å². The van der Waals surface area contributed by atoms with E-state index in [2.05, 4.69) is 0 Å². The molecule has 0 N–H and O–H groups in total. The molecular weight excluding hydrogens is 543 g/mol. The number of hydrogen-bond acceptors (Lipinski definition) is 3. The van der Waals surface area contributed by atoms with Crippen molar-refractivity contribution in [1.29, 1.82) is 0 Å². The monoisotopic (exact) mass is 569 g/mol. The van der Waals surface area contributed by atoms with E-state index in [1.165, 1.54) is 19.1 Å². The van der Waals surface area contributed by atoms with Crippen LogP contribution in [0.25, 0.3) is 0 Å². The first-order valence-corrected chi connectivity index (χ1v) is 12.8. The number of halogens is 7. The van der Waals surface area contributed by atoms with E-state index < -0.39 is 53.5 Å². The normalized spacial score (nSPS) is 24.4. The second-order valence-electron chi connectivity index (χ2n) is 10.2. The van der Waals surface area contributed by atoms with Crippen LogP contribution in [0.15, 0.2) is 65.8 Å². The molecule has 40 heavy (non-hydrogen) atoms. The van der Waals surface area contributed by atoms with E-state index in [-0.39, 0.29) is 24.1 Å². The lowest BCUT2D eigenvalue weighted by Crippen LogP contribution is -2.40. The molecule has 1 saturated heterocycles. The standard InChI is InChI=1S/C29H26F7NO3/c1-16(19-10-21(28(31,32)33)14-22(11-19)29(34,35)36)40-25-15-37-24(27(25)18-2-4-23(30)5-3-18)12-20(13-26(37)38)17-6-8-39-9-7-17/h2-6,10-11,13-14,16,24-25,27H,7-9,12,15H2,1H3/t16-,24?,25+,27+/m1/s1. The lowest BCUT2D eigenvalue weighted by atomic mass is 9.82. The summed E-state index contributed by atoms with van der Waals surface area (Å²) >= 11 is 0. The van der Waals surface area contributed by atoms with E-state index in [1.807, 2.05) is 6.08 Å². The van der Waals surface area contributed by atoms with Crippen LogP contribution in [-0.4, -0.2) is 42.7 Å². The van der Waals surface area contributed by atoms with Crippen molar-refractivity contribution in [1.82, 2.24) is 4.90 Å². The van der Waals surface area contributed by atoms with Gasteiger partial charge in [-0.3, -0.25) is 4.79 Å². The van der Waals surface area contributed by atoms with Crippen molar-refractivity contribution in [3.63, 3.8) is 0 Å². The molecule has 0 saturated carbocycles. The molecule has 0 aromatic heterocycles. The van der Waals surface area contributed by atoms with Crippen LogP contribution < -0.4 is 0 Å². The van der Waals surface area contributed by atoms with Gasteiger partial charge in [-0.15, -0.1) is 0 Å². The van der Waals surface area contributed by atoms with Crippen molar-refractivity contribution in [2.45, 2.75) is 56.3 Å². The third-order valence-electron chi connectivity index (χ3n) is 7.69. The fourth-order valence-electron chi connectivity index (χ4n) is 5.74. The van der Waals surface area contributed by atoms with E-state index in [0.717, 1.165) is 11.1 Å². The molecule has 2 aromatic rings. The molecule has 0 aliphatic carbocycles. The zero-order valence-electron chi connectivity index (χ0n) is 21.4. The molecule has 214 valence electrons. The Bertz CT molecular complexity index is 1300. The Morgan fingerprint density at radius 2 is 1.62 bits per heavy atom. The Morgan fingerprint density at radius 3 is 2.20 bits per heavy atom. The van der Waals surface area contributed by atoms with Gasteiger partial charge in [-0.05, 0) is 72.4 Å². The van der Waals surface area contributed by atoms with E-state index in [1.54, 1.807) is 23.1 Å². The molecule has 3 aliphatic heterocycles. The summed E-state index contributed by atoms with van der Waals surface area (Å²) in [7, 11) is 0. The number of fused-ring (bicyclic) bond motifs is 1. The number of rotatable bonds is 5. The number of amides is 1. The number of ether oxygens (including phenoxy) is 2. The van der Waals surface area contributed by atoms with Crippen LogP contribution in [0.4, 0.5) is 30.7 Å². The molecule has 3 heterocycles. The highest BCUT2D eigenvalue weighted by atomic mass is 19.4. The molecule has 0 spiro atoms. The summed E-state index contributed by atoms with van der Waals surface area (Å²) in [4.78, 5) is 14.8. The minimum absolute atomic E-state index is 0.0736. The maximum absolute atomic E-state index is 13.8. The second-order valence-corrected chi connectivity index (χ2v) is 10.2. The Hall–Kier alpha value is -3.18. The first kappa shape index (κ1) is 28.4. The predicted molar refractivity (Wildman–Crippen MR) is 131 cm³/mol. The summed E-state index contributed by atoms with van der Waals surface area (Å²) in [6, 6.07) is 6.64. The highest BCUT2D eigenvalue weighted by molar-refractivity contribution is 5.91. The molecule has 0 radical (unpaired) electrons. The van der Waals surface area contributed by atoms with Crippen molar-refractivity contribution >= 4 is 5.91 Å². The van der Waals surface area contributed by atoms with Gasteiger partial charge in [-0.2, -0.15) is 26.3 Å². The minimum Gasteiger partial charge on any atom is -0.377 e. The van der Waals surface area contributed by atoms with Crippen molar-refractivity contribution in [2.24, 2.45) is 0 Å². The third kappa shape index (κ3) is 5.81. The number of carbonyl (C=O) groups excluding carboxylic acids is 1. The second kappa shape index (κ2) is 10.7.